The van der Waals surface area contributed by atoms with E-state index in [4.69, 9.17) is 0 Å². The number of fused-ring (bicyclic) bond motifs is 2. The van der Waals surface area contributed by atoms with Crippen LogP contribution in [-0.2, 0) is 4.79 Å². The molecule has 0 aliphatic heterocycles. The highest BCUT2D eigenvalue weighted by molar-refractivity contribution is 9.10. The summed E-state index contributed by atoms with van der Waals surface area (Å²) in [5.74, 6) is -0.454. The van der Waals surface area contributed by atoms with Gasteiger partial charge in [-0.15, -0.1) is 0 Å². The molecule has 7 nitrogen and oxygen atoms in total. The molecule has 0 radical (unpaired) electrons. The fourth-order valence-electron chi connectivity index (χ4n) is 3.70. The number of aromatic nitrogens is 3. The van der Waals surface area contributed by atoms with Gasteiger partial charge in [-0.25, -0.2) is 9.78 Å². The standard InChI is InChI=1S/C22H19BrN4O3/c1-12-18(16-6-4-5-7-20(16)26(12)13(2)22(29)30)11-24-27-14(3)25-19-9-8-15(23)10-17(19)21(27)28/h4-11,13H,1-3H3,(H,29,30)/t13-/m0/s1. The Hall–Kier alpha value is -3.26. The molecule has 0 aliphatic rings. The number of carboxylic acids is 1. The second-order valence-corrected chi connectivity index (χ2v) is 8.00. The number of carbonyl (C=O) groups is 1. The third-order valence-electron chi connectivity index (χ3n) is 5.22. The number of hydrogen-bond acceptors (Lipinski definition) is 4. The summed E-state index contributed by atoms with van der Waals surface area (Å²) in [4.78, 5) is 29.1. The van der Waals surface area contributed by atoms with E-state index in [2.05, 4.69) is 26.0 Å². The zero-order valence-electron chi connectivity index (χ0n) is 16.6. The fraction of sp³-hybridized carbons (Fsp3) is 0.182. The number of halogens is 1. The third-order valence-corrected chi connectivity index (χ3v) is 5.72. The van der Waals surface area contributed by atoms with E-state index in [0.717, 1.165) is 26.6 Å². The molecule has 0 bridgehead atoms. The number of aryl methyl sites for hydroxylation is 1. The molecule has 30 heavy (non-hydrogen) atoms. The van der Waals surface area contributed by atoms with Crippen molar-refractivity contribution in [2.45, 2.75) is 26.8 Å². The van der Waals surface area contributed by atoms with Gasteiger partial charge in [0.2, 0.25) is 0 Å². The van der Waals surface area contributed by atoms with Gasteiger partial charge < -0.3 is 9.67 Å². The Morgan fingerprint density at radius 2 is 1.93 bits per heavy atom. The Bertz CT molecular complexity index is 1400. The number of carboxylic acid groups (broad SMARTS) is 1. The molecule has 2 aromatic carbocycles. The molecule has 1 N–H and O–H groups in total. The highest BCUT2D eigenvalue weighted by Gasteiger charge is 2.21. The average molecular weight is 467 g/mol. The van der Waals surface area contributed by atoms with Gasteiger partial charge in [-0.2, -0.15) is 9.78 Å². The van der Waals surface area contributed by atoms with E-state index in [9.17, 15) is 14.7 Å². The maximum Gasteiger partial charge on any atom is 0.326 e. The molecule has 152 valence electrons. The average Bonchev–Trinajstić information content (AvgIpc) is 2.99. The van der Waals surface area contributed by atoms with E-state index in [1.54, 1.807) is 36.8 Å². The van der Waals surface area contributed by atoms with Crippen molar-refractivity contribution in [3.05, 3.63) is 74.4 Å². The van der Waals surface area contributed by atoms with Crippen LogP contribution in [0.1, 0.15) is 30.0 Å². The minimum Gasteiger partial charge on any atom is -0.480 e. The minimum atomic E-state index is -0.918. The summed E-state index contributed by atoms with van der Waals surface area (Å²) in [7, 11) is 0. The molecular weight excluding hydrogens is 448 g/mol. The maximum atomic E-state index is 13.0. The lowest BCUT2D eigenvalue weighted by Gasteiger charge is -2.13. The van der Waals surface area contributed by atoms with Crippen LogP contribution in [0.5, 0.6) is 0 Å². The Balaban J connectivity index is 1.91. The predicted molar refractivity (Wildman–Crippen MR) is 120 cm³/mol. The third kappa shape index (κ3) is 3.23. The summed E-state index contributed by atoms with van der Waals surface area (Å²) in [6.07, 6.45) is 1.60. The largest absolute Gasteiger partial charge is 0.480 e. The van der Waals surface area contributed by atoms with Crippen LogP contribution in [0.4, 0.5) is 0 Å². The van der Waals surface area contributed by atoms with Gasteiger partial charge in [-0.1, -0.05) is 34.1 Å². The maximum absolute atomic E-state index is 13.0. The lowest BCUT2D eigenvalue weighted by atomic mass is 10.1. The van der Waals surface area contributed by atoms with Gasteiger partial charge in [0.05, 0.1) is 17.1 Å². The van der Waals surface area contributed by atoms with Crippen LogP contribution in [-0.4, -0.2) is 31.5 Å². The highest BCUT2D eigenvalue weighted by atomic mass is 79.9. The quantitative estimate of drug-likeness (QED) is 0.455. The lowest BCUT2D eigenvalue weighted by Crippen LogP contribution is -2.20. The predicted octanol–water partition coefficient (Wildman–Crippen LogP) is 4.26. The summed E-state index contributed by atoms with van der Waals surface area (Å²) in [6.45, 7) is 5.22. The van der Waals surface area contributed by atoms with Crippen LogP contribution in [0.25, 0.3) is 21.8 Å². The summed E-state index contributed by atoms with van der Waals surface area (Å²) >= 11 is 3.38. The van der Waals surface area contributed by atoms with Gasteiger partial charge in [0.15, 0.2) is 0 Å². The number of hydrogen-bond donors (Lipinski definition) is 1. The highest BCUT2D eigenvalue weighted by Crippen LogP contribution is 2.28. The van der Waals surface area contributed by atoms with Crippen LogP contribution >= 0.6 is 15.9 Å². The summed E-state index contributed by atoms with van der Waals surface area (Å²) in [6, 6.07) is 12.2. The first kappa shape index (κ1) is 20.0. The molecule has 4 aromatic rings. The zero-order valence-corrected chi connectivity index (χ0v) is 18.2. The van der Waals surface area contributed by atoms with Crippen LogP contribution < -0.4 is 5.56 Å². The first-order valence-electron chi connectivity index (χ1n) is 9.35. The van der Waals surface area contributed by atoms with E-state index in [-0.39, 0.29) is 5.56 Å². The van der Waals surface area contributed by atoms with Crippen molar-refractivity contribution in [2.24, 2.45) is 5.10 Å². The van der Waals surface area contributed by atoms with Crippen molar-refractivity contribution in [1.82, 2.24) is 14.2 Å². The molecule has 1 atom stereocenters. The number of benzene rings is 2. The molecule has 2 heterocycles. The SMILES string of the molecule is Cc1nc2ccc(Br)cc2c(=O)n1N=Cc1c(C)n([C@@H](C)C(=O)O)c2ccccc12. The van der Waals surface area contributed by atoms with Crippen LogP contribution in [0.15, 0.2) is 56.8 Å². The molecule has 4 rings (SSSR count). The van der Waals surface area contributed by atoms with E-state index in [0.29, 0.717) is 16.7 Å². The second kappa shape index (κ2) is 7.53. The van der Waals surface area contributed by atoms with Gasteiger partial charge in [0.1, 0.15) is 11.9 Å². The van der Waals surface area contributed by atoms with Crippen molar-refractivity contribution in [3.8, 4) is 0 Å². The molecule has 0 saturated carbocycles. The van der Waals surface area contributed by atoms with Crippen LogP contribution in [0.3, 0.4) is 0 Å². The Kier molecular flexibility index (Phi) is 5.03. The fourth-order valence-corrected chi connectivity index (χ4v) is 4.06. The van der Waals surface area contributed by atoms with E-state index >= 15 is 0 Å². The van der Waals surface area contributed by atoms with Crippen LogP contribution in [0.2, 0.25) is 0 Å². The van der Waals surface area contributed by atoms with Gasteiger partial charge in [0, 0.05) is 26.6 Å². The van der Waals surface area contributed by atoms with Crippen molar-refractivity contribution >= 4 is 49.9 Å². The second-order valence-electron chi connectivity index (χ2n) is 7.08. The Labute approximate surface area is 180 Å². The van der Waals surface area contributed by atoms with E-state index in [1.165, 1.54) is 4.68 Å². The molecular formula is C22H19BrN4O3. The normalized spacial score (nSPS) is 12.8. The molecule has 8 heteroatoms. The lowest BCUT2D eigenvalue weighted by molar-refractivity contribution is -0.140. The first-order valence-corrected chi connectivity index (χ1v) is 10.1. The smallest absolute Gasteiger partial charge is 0.326 e. The van der Waals surface area contributed by atoms with Crippen molar-refractivity contribution in [1.29, 1.82) is 0 Å². The van der Waals surface area contributed by atoms with Crippen molar-refractivity contribution in [2.75, 3.05) is 0 Å². The summed E-state index contributed by atoms with van der Waals surface area (Å²) in [5.41, 5.74) is 2.66. The van der Waals surface area contributed by atoms with Crippen molar-refractivity contribution in [3.63, 3.8) is 0 Å². The van der Waals surface area contributed by atoms with E-state index in [1.807, 2.05) is 37.3 Å². The molecule has 0 saturated heterocycles. The molecule has 0 amide bonds. The topological polar surface area (TPSA) is 89.5 Å². The Morgan fingerprint density at radius 3 is 2.67 bits per heavy atom. The number of para-hydroxylation sites is 1. The monoisotopic (exact) mass is 466 g/mol. The number of nitrogens with zero attached hydrogens (tertiary/aromatic N) is 4. The van der Waals surface area contributed by atoms with Gasteiger partial charge in [-0.3, -0.25) is 4.79 Å². The molecule has 2 aromatic heterocycles. The minimum absolute atomic E-state index is 0.268. The van der Waals surface area contributed by atoms with Crippen LogP contribution in [0, 0.1) is 13.8 Å². The van der Waals surface area contributed by atoms with Gasteiger partial charge in [-0.05, 0) is 45.0 Å². The van der Waals surface area contributed by atoms with Gasteiger partial charge in [0.25, 0.3) is 5.56 Å². The summed E-state index contributed by atoms with van der Waals surface area (Å²) in [5, 5.41) is 15.3. The van der Waals surface area contributed by atoms with Crippen molar-refractivity contribution < 1.29 is 9.90 Å². The number of aliphatic carboxylic acids is 1. The Morgan fingerprint density at radius 1 is 1.20 bits per heavy atom. The van der Waals surface area contributed by atoms with E-state index < -0.39 is 12.0 Å². The molecule has 0 spiro atoms. The zero-order chi connectivity index (χ0) is 21.6. The van der Waals surface area contributed by atoms with Gasteiger partial charge >= 0.3 is 5.97 Å². The first-order chi connectivity index (χ1) is 14.3. The molecule has 0 aliphatic carbocycles. The summed E-state index contributed by atoms with van der Waals surface area (Å²) < 4.78 is 3.82. The number of rotatable bonds is 4. The molecule has 0 fully saturated rings. The molecule has 0 unspecified atom stereocenters.